The number of nitrogens with one attached hydrogen (secondary N) is 1. The van der Waals surface area contributed by atoms with Gasteiger partial charge in [-0.1, -0.05) is 6.92 Å². The van der Waals surface area contributed by atoms with Crippen molar-refractivity contribution >= 4 is 29.2 Å². The number of carbonyl (C=O) groups is 3. The van der Waals surface area contributed by atoms with E-state index in [1.54, 1.807) is 0 Å². The van der Waals surface area contributed by atoms with E-state index in [2.05, 4.69) is 5.32 Å². The number of rotatable bonds is 15. The van der Waals surface area contributed by atoms with Gasteiger partial charge in [0.05, 0.1) is 32.3 Å². The monoisotopic (exact) mass is 347 g/mol. The molecule has 0 aliphatic heterocycles. The highest BCUT2D eigenvalue weighted by Gasteiger charge is 2.21. The maximum absolute atomic E-state index is 12.0. The van der Waals surface area contributed by atoms with Gasteiger partial charge in [-0.25, -0.2) is 0 Å². The van der Waals surface area contributed by atoms with Crippen LogP contribution in [0.4, 0.5) is 0 Å². The first-order valence-corrected chi connectivity index (χ1v) is 9.33. The molecular weight excluding hydrogens is 318 g/mol. The van der Waals surface area contributed by atoms with Crippen LogP contribution in [0, 0.1) is 5.92 Å². The summed E-state index contributed by atoms with van der Waals surface area (Å²) in [5.74, 6) is -0.189. The smallest absolute Gasteiger partial charge is 0.224 e. The van der Waals surface area contributed by atoms with Gasteiger partial charge in [0.15, 0.2) is 0 Å². The standard InChI is InChI=1S/C16H29NO5S/c1-4-6-21-8-9-22-7-5-15(19)10-14(12-23-3)16(20)17-11-13(2)18/h14H,4-12H2,1-3H3,(H,17,20). The van der Waals surface area contributed by atoms with Gasteiger partial charge in [-0.3, -0.25) is 14.4 Å². The second-order valence-electron chi connectivity index (χ2n) is 5.29. The average Bonchev–Trinajstić information content (AvgIpc) is 2.51. The van der Waals surface area contributed by atoms with E-state index in [9.17, 15) is 14.4 Å². The van der Waals surface area contributed by atoms with Crippen LogP contribution in [0.25, 0.3) is 0 Å². The van der Waals surface area contributed by atoms with Gasteiger partial charge in [0, 0.05) is 25.2 Å². The molecule has 1 atom stereocenters. The van der Waals surface area contributed by atoms with E-state index in [0.717, 1.165) is 6.42 Å². The molecule has 0 aliphatic carbocycles. The van der Waals surface area contributed by atoms with Crippen molar-refractivity contribution in [1.82, 2.24) is 5.32 Å². The molecule has 1 unspecified atom stereocenters. The van der Waals surface area contributed by atoms with Crippen LogP contribution in [0.3, 0.4) is 0 Å². The molecule has 1 N–H and O–H groups in total. The number of carbonyl (C=O) groups excluding carboxylic acids is 3. The highest BCUT2D eigenvalue weighted by atomic mass is 32.2. The van der Waals surface area contributed by atoms with E-state index in [0.29, 0.717) is 38.6 Å². The topological polar surface area (TPSA) is 81.7 Å². The lowest BCUT2D eigenvalue weighted by Gasteiger charge is -2.14. The molecule has 0 saturated carbocycles. The van der Waals surface area contributed by atoms with Crippen molar-refractivity contribution < 1.29 is 23.9 Å². The maximum atomic E-state index is 12.0. The predicted molar refractivity (Wildman–Crippen MR) is 91.7 cm³/mol. The quantitative estimate of drug-likeness (QED) is 0.452. The zero-order valence-electron chi connectivity index (χ0n) is 14.4. The summed E-state index contributed by atoms with van der Waals surface area (Å²) >= 11 is 1.51. The van der Waals surface area contributed by atoms with Crippen LogP contribution in [0.2, 0.25) is 0 Å². The Balaban J connectivity index is 3.95. The fraction of sp³-hybridized carbons (Fsp3) is 0.812. The summed E-state index contributed by atoms with van der Waals surface area (Å²) in [6.45, 7) is 5.53. The van der Waals surface area contributed by atoms with E-state index >= 15 is 0 Å². The van der Waals surface area contributed by atoms with Crippen LogP contribution >= 0.6 is 11.8 Å². The first kappa shape index (κ1) is 22.1. The van der Waals surface area contributed by atoms with Gasteiger partial charge < -0.3 is 14.8 Å². The SMILES string of the molecule is CCCOCCOCCC(=O)CC(CSC)C(=O)NCC(C)=O. The molecule has 0 aromatic rings. The number of hydrogen-bond acceptors (Lipinski definition) is 6. The molecule has 0 aromatic heterocycles. The molecule has 0 bridgehead atoms. The Labute approximate surface area is 143 Å². The van der Waals surface area contributed by atoms with Crippen LogP contribution in [0.1, 0.15) is 33.1 Å². The van der Waals surface area contributed by atoms with E-state index in [1.807, 2.05) is 13.2 Å². The van der Waals surface area contributed by atoms with Gasteiger partial charge in [-0.15, -0.1) is 0 Å². The fourth-order valence-electron chi connectivity index (χ4n) is 1.81. The molecule has 7 heteroatoms. The summed E-state index contributed by atoms with van der Waals surface area (Å²) in [4.78, 5) is 34.8. The van der Waals surface area contributed by atoms with Gasteiger partial charge in [0.1, 0.15) is 11.6 Å². The van der Waals surface area contributed by atoms with Crippen molar-refractivity contribution in [2.75, 3.05) is 45.0 Å². The Bertz CT molecular complexity index is 362. The van der Waals surface area contributed by atoms with Gasteiger partial charge in [0.25, 0.3) is 0 Å². The second-order valence-corrected chi connectivity index (χ2v) is 6.20. The third kappa shape index (κ3) is 13.2. The molecule has 0 aromatic carbocycles. The van der Waals surface area contributed by atoms with E-state index in [-0.39, 0.29) is 30.4 Å². The molecule has 6 nitrogen and oxygen atoms in total. The van der Waals surface area contributed by atoms with Crippen molar-refractivity contribution in [1.29, 1.82) is 0 Å². The minimum Gasteiger partial charge on any atom is -0.379 e. The van der Waals surface area contributed by atoms with Gasteiger partial charge >= 0.3 is 0 Å². The number of ketones is 2. The number of thioether (sulfide) groups is 1. The third-order valence-electron chi connectivity index (χ3n) is 2.97. The molecule has 0 aliphatic rings. The minimum absolute atomic E-state index is 0.00324. The lowest BCUT2D eigenvalue weighted by atomic mass is 10.0. The Kier molecular flexibility index (Phi) is 14.1. The minimum atomic E-state index is -0.398. The first-order valence-electron chi connectivity index (χ1n) is 7.94. The summed E-state index contributed by atoms with van der Waals surface area (Å²) in [6.07, 6.45) is 3.33. The lowest BCUT2D eigenvalue weighted by molar-refractivity contribution is -0.130. The molecule has 0 fully saturated rings. The number of Topliss-reactive ketones (excluding diaryl/α,β-unsaturated/α-hetero) is 2. The Morgan fingerprint density at radius 1 is 1.09 bits per heavy atom. The average molecular weight is 347 g/mol. The predicted octanol–water partition coefficient (Wildman–Crippen LogP) is 1.46. The van der Waals surface area contributed by atoms with Crippen molar-refractivity contribution in [2.24, 2.45) is 5.92 Å². The van der Waals surface area contributed by atoms with Crippen LogP contribution in [-0.2, 0) is 23.9 Å². The number of ether oxygens (including phenoxy) is 2. The third-order valence-corrected chi connectivity index (χ3v) is 3.71. The highest BCUT2D eigenvalue weighted by molar-refractivity contribution is 7.98. The zero-order chi connectivity index (χ0) is 17.5. The normalized spacial score (nSPS) is 12.0. The van der Waals surface area contributed by atoms with Crippen molar-refractivity contribution in [3.8, 4) is 0 Å². The van der Waals surface area contributed by atoms with Crippen LogP contribution in [0.5, 0.6) is 0 Å². The Morgan fingerprint density at radius 2 is 1.74 bits per heavy atom. The molecule has 23 heavy (non-hydrogen) atoms. The molecule has 0 rings (SSSR count). The van der Waals surface area contributed by atoms with E-state index in [1.165, 1.54) is 18.7 Å². The maximum Gasteiger partial charge on any atom is 0.224 e. The van der Waals surface area contributed by atoms with Crippen molar-refractivity contribution in [2.45, 2.75) is 33.1 Å². The largest absolute Gasteiger partial charge is 0.379 e. The van der Waals surface area contributed by atoms with E-state index in [4.69, 9.17) is 9.47 Å². The summed E-state index contributed by atoms with van der Waals surface area (Å²) in [5, 5.41) is 2.57. The van der Waals surface area contributed by atoms with Crippen LogP contribution < -0.4 is 5.32 Å². The number of amides is 1. The van der Waals surface area contributed by atoms with Crippen LogP contribution in [-0.4, -0.2) is 62.5 Å². The highest BCUT2D eigenvalue weighted by Crippen LogP contribution is 2.12. The summed E-state index contributed by atoms with van der Waals surface area (Å²) in [5.41, 5.74) is 0. The molecule has 134 valence electrons. The Hall–Kier alpha value is -0.920. The Morgan fingerprint density at radius 3 is 2.30 bits per heavy atom. The molecule has 0 spiro atoms. The second kappa shape index (κ2) is 14.7. The van der Waals surface area contributed by atoms with Crippen molar-refractivity contribution in [3.63, 3.8) is 0 Å². The van der Waals surface area contributed by atoms with Gasteiger partial charge in [-0.2, -0.15) is 11.8 Å². The van der Waals surface area contributed by atoms with E-state index < -0.39 is 5.92 Å². The summed E-state index contributed by atoms with van der Waals surface area (Å²) in [6, 6.07) is 0. The summed E-state index contributed by atoms with van der Waals surface area (Å²) in [7, 11) is 0. The summed E-state index contributed by atoms with van der Waals surface area (Å²) < 4.78 is 10.6. The van der Waals surface area contributed by atoms with Gasteiger partial charge in [0.2, 0.25) is 5.91 Å². The lowest BCUT2D eigenvalue weighted by Crippen LogP contribution is -2.36. The first-order chi connectivity index (χ1) is 11.0. The fourth-order valence-corrected chi connectivity index (χ4v) is 2.49. The molecule has 0 radical (unpaired) electrons. The molecule has 1 amide bonds. The van der Waals surface area contributed by atoms with Gasteiger partial charge in [-0.05, 0) is 19.6 Å². The number of hydrogen-bond donors (Lipinski definition) is 1. The molecular formula is C16H29NO5S. The van der Waals surface area contributed by atoms with Crippen LogP contribution in [0.15, 0.2) is 0 Å². The van der Waals surface area contributed by atoms with Crippen molar-refractivity contribution in [3.05, 3.63) is 0 Å². The molecule has 0 heterocycles. The molecule has 0 saturated heterocycles. The zero-order valence-corrected chi connectivity index (χ0v) is 15.2.